The van der Waals surface area contributed by atoms with E-state index in [0.29, 0.717) is 12.2 Å². The Morgan fingerprint density at radius 3 is 2.55 bits per heavy atom. The van der Waals surface area contributed by atoms with Gasteiger partial charge in [0, 0.05) is 19.3 Å². The first-order valence-corrected chi connectivity index (χ1v) is 7.16. The van der Waals surface area contributed by atoms with Gasteiger partial charge in [-0.2, -0.15) is 0 Å². The minimum atomic E-state index is -2.44. The average Bonchev–Trinajstić information content (AvgIpc) is 2.36. The van der Waals surface area contributed by atoms with Gasteiger partial charge in [0.25, 0.3) is 6.43 Å². The fraction of sp³-hybridized carbons (Fsp3) is 0.562. The molecule has 0 radical (unpaired) electrons. The van der Waals surface area contributed by atoms with Crippen LogP contribution in [-0.4, -0.2) is 36.1 Å². The number of carbonyl (C=O) groups excluding carboxylic acids is 1. The summed E-state index contributed by atoms with van der Waals surface area (Å²) in [5, 5.41) is 2.74. The Balaban J connectivity index is 2.68. The van der Waals surface area contributed by atoms with Gasteiger partial charge in [0.05, 0.1) is 6.04 Å². The molecule has 0 bridgehead atoms. The van der Waals surface area contributed by atoms with Gasteiger partial charge in [0.1, 0.15) is 5.60 Å². The average molecular weight is 314 g/mol. The maximum absolute atomic E-state index is 12.6. The molecule has 1 N–H and O–H groups in total. The van der Waals surface area contributed by atoms with Crippen molar-refractivity contribution in [3.8, 4) is 0 Å². The van der Waals surface area contributed by atoms with Crippen molar-refractivity contribution in [1.82, 2.24) is 4.90 Å². The van der Waals surface area contributed by atoms with Crippen molar-refractivity contribution in [2.75, 3.05) is 12.4 Å². The van der Waals surface area contributed by atoms with Crippen LogP contribution >= 0.6 is 0 Å². The molecule has 0 spiro atoms. The number of anilines is 1. The van der Waals surface area contributed by atoms with Gasteiger partial charge in [-0.05, 0) is 45.4 Å². The fourth-order valence-corrected chi connectivity index (χ4v) is 1.76. The topological polar surface area (TPSA) is 41.6 Å². The number of alkyl halides is 2. The molecular formula is C16H24F2N2O2. The number of hydrogen-bond acceptors (Lipinski definition) is 3. The quantitative estimate of drug-likeness (QED) is 0.889. The maximum Gasteiger partial charge on any atom is 0.410 e. The molecule has 1 atom stereocenters. The van der Waals surface area contributed by atoms with E-state index in [-0.39, 0.29) is 0 Å². The van der Waals surface area contributed by atoms with Gasteiger partial charge in [-0.15, -0.1) is 0 Å². The highest BCUT2D eigenvalue weighted by atomic mass is 19.3. The third-order valence-corrected chi connectivity index (χ3v) is 2.82. The molecule has 0 aliphatic heterocycles. The number of ether oxygens (including phenoxy) is 1. The molecule has 0 aromatic heterocycles. The summed E-state index contributed by atoms with van der Waals surface area (Å²) >= 11 is 0. The van der Waals surface area contributed by atoms with Crippen LogP contribution in [0.5, 0.6) is 0 Å². The number of rotatable bonds is 5. The molecule has 1 rings (SSSR count). The molecule has 1 unspecified atom stereocenters. The standard InChI is InChI=1S/C16H24F2N2O2/c1-11(14(17)18)19-13-8-6-7-12(9-13)10-20(5)15(21)22-16(2,3)4/h6-9,11,14,19H,10H2,1-5H3. The van der Waals surface area contributed by atoms with Gasteiger partial charge in [0.15, 0.2) is 0 Å². The molecular weight excluding hydrogens is 290 g/mol. The first-order valence-electron chi connectivity index (χ1n) is 7.16. The van der Waals surface area contributed by atoms with Crippen molar-refractivity contribution in [1.29, 1.82) is 0 Å². The molecule has 0 fully saturated rings. The molecule has 0 aliphatic carbocycles. The first kappa shape index (κ1) is 18.2. The molecule has 4 nitrogen and oxygen atoms in total. The molecule has 1 aromatic rings. The fourth-order valence-electron chi connectivity index (χ4n) is 1.76. The molecule has 22 heavy (non-hydrogen) atoms. The molecule has 0 saturated heterocycles. The van der Waals surface area contributed by atoms with E-state index in [0.717, 1.165) is 5.56 Å². The molecule has 6 heteroatoms. The van der Waals surface area contributed by atoms with E-state index < -0.39 is 24.2 Å². The minimum absolute atomic E-state index is 0.341. The van der Waals surface area contributed by atoms with Crippen LogP contribution in [0.1, 0.15) is 33.3 Å². The van der Waals surface area contributed by atoms with E-state index in [1.807, 2.05) is 6.07 Å². The molecule has 1 aromatic carbocycles. The minimum Gasteiger partial charge on any atom is -0.444 e. The lowest BCUT2D eigenvalue weighted by Crippen LogP contribution is -2.33. The van der Waals surface area contributed by atoms with Crippen molar-refractivity contribution in [3.05, 3.63) is 29.8 Å². The number of hydrogen-bond donors (Lipinski definition) is 1. The lowest BCUT2D eigenvalue weighted by Gasteiger charge is -2.25. The third kappa shape index (κ3) is 6.28. The van der Waals surface area contributed by atoms with Crippen molar-refractivity contribution in [2.45, 2.75) is 52.3 Å². The molecule has 124 valence electrons. The van der Waals surface area contributed by atoms with E-state index in [1.165, 1.54) is 11.8 Å². The monoisotopic (exact) mass is 314 g/mol. The Morgan fingerprint density at radius 2 is 2.00 bits per heavy atom. The van der Waals surface area contributed by atoms with Crippen LogP contribution in [0, 0.1) is 0 Å². The molecule has 0 heterocycles. The Morgan fingerprint density at radius 1 is 1.36 bits per heavy atom. The molecule has 1 amide bonds. The van der Waals surface area contributed by atoms with Gasteiger partial charge in [0.2, 0.25) is 0 Å². The van der Waals surface area contributed by atoms with Gasteiger partial charge in [-0.1, -0.05) is 12.1 Å². The number of carbonyl (C=O) groups is 1. The predicted molar refractivity (Wildman–Crippen MR) is 83.2 cm³/mol. The van der Waals surface area contributed by atoms with Crippen LogP contribution in [0.15, 0.2) is 24.3 Å². The van der Waals surface area contributed by atoms with Crippen LogP contribution in [0.4, 0.5) is 19.3 Å². The van der Waals surface area contributed by atoms with E-state index in [4.69, 9.17) is 4.74 Å². The van der Waals surface area contributed by atoms with E-state index >= 15 is 0 Å². The SMILES string of the molecule is CC(Nc1cccc(CN(C)C(=O)OC(C)(C)C)c1)C(F)F. The van der Waals surface area contributed by atoms with Crippen LogP contribution in [0.2, 0.25) is 0 Å². The zero-order valence-corrected chi connectivity index (χ0v) is 13.7. The Labute approximate surface area is 130 Å². The number of amides is 1. The summed E-state index contributed by atoms with van der Waals surface area (Å²) in [5.74, 6) is 0. The van der Waals surface area contributed by atoms with Gasteiger partial charge in [-0.3, -0.25) is 0 Å². The highest BCUT2D eigenvalue weighted by Crippen LogP contribution is 2.16. The molecule has 0 saturated carbocycles. The summed E-state index contributed by atoms with van der Waals surface area (Å²) in [6, 6.07) is 6.13. The van der Waals surface area contributed by atoms with Crippen LogP contribution in [-0.2, 0) is 11.3 Å². The van der Waals surface area contributed by atoms with Crippen molar-refractivity contribution >= 4 is 11.8 Å². The van der Waals surface area contributed by atoms with Crippen LogP contribution in [0.25, 0.3) is 0 Å². The predicted octanol–water partition coefficient (Wildman–Crippen LogP) is 4.12. The summed E-state index contributed by atoms with van der Waals surface area (Å²) < 4.78 is 30.4. The summed E-state index contributed by atoms with van der Waals surface area (Å²) in [7, 11) is 1.63. The zero-order valence-electron chi connectivity index (χ0n) is 13.7. The van der Waals surface area contributed by atoms with Gasteiger partial charge >= 0.3 is 6.09 Å². The third-order valence-electron chi connectivity index (χ3n) is 2.82. The Kier molecular flexibility index (Phi) is 6.14. The smallest absolute Gasteiger partial charge is 0.410 e. The number of benzene rings is 1. The van der Waals surface area contributed by atoms with E-state index in [9.17, 15) is 13.6 Å². The Hall–Kier alpha value is -1.85. The number of nitrogens with one attached hydrogen (secondary N) is 1. The lowest BCUT2D eigenvalue weighted by molar-refractivity contribution is 0.0285. The van der Waals surface area contributed by atoms with Crippen molar-refractivity contribution in [3.63, 3.8) is 0 Å². The summed E-state index contributed by atoms with van der Waals surface area (Å²) in [6.45, 7) is 7.16. The Bertz CT molecular complexity index is 501. The van der Waals surface area contributed by atoms with Crippen LogP contribution < -0.4 is 5.32 Å². The zero-order chi connectivity index (χ0) is 16.9. The summed E-state index contributed by atoms with van der Waals surface area (Å²) in [5.41, 5.74) is 0.879. The highest BCUT2D eigenvalue weighted by Gasteiger charge is 2.20. The first-order chi connectivity index (χ1) is 10.1. The summed E-state index contributed by atoms with van der Waals surface area (Å²) in [6.07, 6.45) is -2.86. The van der Waals surface area contributed by atoms with Crippen molar-refractivity contribution in [2.24, 2.45) is 0 Å². The normalized spacial score (nSPS) is 12.9. The highest BCUT2D eigenvalue weighted by molar-refractivity contribution is 5.67. The second-order valence-electron chi connectivity index (χ2n) is 6.30. The number of nitrogens with zero attached hydrogens (tertiary/aromatic N) is 1. The lowest BCUT2D eigenvalue weighted by atomic mass is 10.2. The number of halogens is 2. The van der Waals surface area contributed by atoms with E-state index in [2.05, 4.69) is 5.32 Å². The maximum atomic E-state index is 12.6. The summed E-state index contributed by atoms with van der Waals surface area (Å²) in [4.78, 5) is 13.3. The second kappa shape index (κ2) is 7.42. The molecule has 0 aliphatic rings. The second-order valence-corrected chi connectivity index (χ2v) is 6.30. The van der Waals surface area contributed by atoms with Gasteiger partial charge in [-0.25, -0.2) is 13.6 Å². The van der Waals surface area contributed by atoms with Gasteiger partial charge < -0.3 is 15.0 Å². The van der Waals surface area contributed by atoms with E-state index in [1.54, 1.807) is 46.0 Å². The largest absolute Gasteiger partial charge is 0.444 e. The van der Waals surface area contributed by atoms with Crippen LogP contribution in [0.3, 0.4) is 0 Å². The van der Waals surface area contributed by atoms with Crippen molar-refractivity contribution < 1.29 is 18.3 Å².